The molecule has 1 aromatic heterocycles. The van der Waals surface area contributed by atoms with Gasteiger partial charge in [0.05, 0.1) is 11.9 Å². The number of likely N-dealkylation sites (tertiary alicyclic amines) is 1. The highest BCUT2D eigenvalue weighted by Gasteiger charge is 2.38. The number of benzene rings is 1. The first-order valence-corrected chi connectivity index (χ1v) is 10.1. The number of H-pyrrole nitrogens is 1. The molecule has 4 rings (SSSR count). The van der Waals surface area contributed by atoms with Gasteiger partial charge in [-0.25, -0.2) is 4.39 Å². The van der Waals surface area contributed by atoms with Crippen molar-refractivity contribution in [2.24, 2.45) is 0 Å². The molecular weight excluding hydrogens is 343 g/mol. The molecule has 2 N–H and O–H groups in total. The number of halogens is 1. The second-order valence-electron chi connectivity index (χ2n) is 7.74. The molecule has 2 fully saturated rings. The maximum atomic E-state index is 14.2. The summed E-state index contributed by atoms with van der Waals surface area (Å²) in [7, 11) is 0. The van der Waals surface area contributed by atoms with Crippen molar-refractivity contribution in [3.63, 3.8) is 0 Å². The molecule has 0 atom stereocenters. The third kappa shape index (κ3) is 4.08. The molecule has 3 heterocycles. The van der Waals surface area contributed by atoms with Crippen LogP contribution in [0.5, 0.6) is 0 Å². The minimum absolute atomic E-state index is 0.181. The number of nitrogens with zero attached hydrogens (tertiary/aromatic N) is 2. The van der Waals surface area contributed by atoms with Gasteiger partial charge < -0.3 is 10.1 Å². The predicted octanol–water partition coefficient (Wildman–Crippen LogP) is 3.34. The van der Waals surface area contributed by atoms with Crippen LogP contribution in [0.15, 0.2) is 30.5 Å². The number of nitrogens with one attached hydrogen (secondary N) is 2. The molecule has 2 saturated heterocycles. The normalized spacial score (nSPS) is 20.6. The SMILES string of the molecule is Fc1ccccc1-c1[nH]ncc1CNCC1(N2CCCCC2)CCOCC1. The number of hydrogen-bond donors (Lipinski definition) is 2. The Bertz CT molecular complexity index is 735. The lowest BCUT2D eigenvalue weighted by Crippen LogP contribution is -2.59. The van der Waals surface area contributed by atoms with Gasteiger partial charge in [0, 0.05) is 43.0 Å². The fourth-order valence-electron chi connectivity index (χ4n) is 4.50. The number of aromatic nitrogens is 2. The van der Waals surface area contributed by atoms with Crippen LogP contribution in [0.2, 0.25) is 0 Å². The quantitative estimate of drug-likeness (QED) is 0.817. The van der Waals surface area contributed by atoms with Crippen LogP contribution < -0.4 is 5.32 Å². The lowest BCUT2D eigenvalue weighted by Gasteiger charge is -2.48. The summed E-state index contributed by atoms with van der Waals surface area (Å²) in [5.74, 6) is -0.225. The maximum absolute atomic E-state index is 14.2. The molecule has 0 saturated carbocycles. The van der Waals surface area contributed by atoms with Gasteiger partial charge in [0.2, 0.25) is 0 Å². The minimum atomic E-state index is -0.225. The molecule has 6 heteroatoms. The second-order valence-corrected chi connectivity index (χ2v) is 7.74. The third-order valence-corrected chi connectivity index (χ3v) is 6.08. The van der Waals surface area contributed by atoms with Gasteiger partial charge in [-0.15, -0.1) is 0 Å². The van der Waals surface area contributed by atoms with E-state index in [4.69, 9.17) is 4.74 Å². The Hall–Kier alpha value is -1.76. The van der Waals surface area contributed by atoms with Crippen LogP contribution in [-0.2, 0) is 11.3 Å². The summed E-state index contributed by atoms with van der Waals surface area (Å²) in [5.41, 5.74) is 2.52. The zero-order valence-corrected chi connectivity index (χ0v) is 15.8. The van der Waals surface area contributed by atoms with E-state index in [0.717, 1.165) is 43.9 Å². The summed E-state index contributed by atoms with van der Waals surface area (Å²) >= 11 is 0. The van der Waals surface area contributed by atoms with Crippen molar-refractivity contribution in [1.82, 2.24) is 20.4 Å². The Labute approximate surface area is 160 Å². The van der Waals surface area contributed by atoms with E-state index < -0.39 is 0 Å². The van der Waals surface area contributed by atoms with Gasteiger partial charge in [0.15, 0.2) is 0 Å². The molecule has 0 spiro atoms. The molecule has 0 bridgehead atoms. The van der Waals surface area contributed by atoms with Gasteiger partial charge in [-0.05, 0) is 50.9 Å². The fraction of sp³-hybridized carbons (Fsp3) is 0.571. The number of aromatic amines is 1. The molecule has 5 nitrogen and oxygen atoms in total. The molecule has 0 radical (unpaired) electrons. The highest BCUT2D eigenvalue weighted by Crippen LogP contribution is 2.31. The van der Waals surface area contributed by atoms with Crippen LogP contribution in [0, 0.1) is 5.82 Å². The maximum Gasteiger partial charge on any atom is 0.132 e. The van der Waals surface area contributed by atoms with Gasteiger partial charge in [-0.2, -0.15) is 5.10 Å². The summed E-state index contributed by atoms with van der Waals surface area (Å²) < 4.78 is 19.8. The van der Waals surface area contributed by atoms with Crippen molar-refractivity contribution < 1.29 is 9.13 Å². The summed E-state index contributed by atoms with van der Waals surface area (Å²) in [4.78, 5) is 2.68. The molecular formula is C21H29FN4O. The number of ether oxygens (including phenoxy) is 1. The zero-order chi connectivity index (χ0) is 18.5. The molecule has 1 aromatic carbocycles. The van der Waals surface area contributed by atoms with Gasteiger partial charge >= 0.3 is 0 Å². The van der Waals surface area contributed by atoms with Gasteiger partial charge in [0.1, 0.15) is 5.82 Å². The summed E-state index contributed by atoms with van der Waals surface area (Å²) in [5, 5.41) is 10.8. The third-order valence-electron chi connectivity index (χ3n) is 6.08. The monoisotopic (exact) mass is 372 g/mol. The van der Waals surface area contributed by atoms with E-state index in [1.54, 1.807) is 18.3 Å². The van der Waals surface area contributed by atoms with Crippen LogP contribution in [0.1, 0.15) is 37.7 Å². The predicted molar refractivity (Wildman–Crippen MR) is 104 cm³/mol. The summed E-state index contributed by atoms with van der Waals surface area (Å²) in [6, 6.07) is 6.84. The molecule has 27 heavy (non-hydrogen) atoms. The Balaban J connectivity index is 1.44. The van der Waals surface area contributed by atoms with E-state index in [0.29, 0.717) is 12.1 Å². The minimum Gasteiger partial charge on any atom is -0.381 e. The van der Waals surface area contributed by atoms with Crippen LogP contribution in [-0.4, -0.2) is 53.5 Å². The van der Waals surface area contributed by atoms with E-state index in [-0.39, 0.29) is 11.4 Å². The van der Waals surface area contributed by atoms with E-state index >= 15 is 0 Å². The molecule has 0 aliphatic carbocycles. The average molecular weight is 372 g/mol. The molecule has 2 aliphatic heterocycles. The molecule has 2 aliphatic rings. The van der Waals surface area contributed by atoms with Crippen LogP contribution in [0.25, 0.3) is 11.3 Å². The van der Waals surface area contributed by atoms with Crippen LogP contribution >= 0.6 is 0 Å². The molecule has 146 valence electrons. The van der Waals surface area contributed by atoms with E-state index in [2.05, 4.69) is 20.4 Å². The Morgan fingerprint density at radius 3 is 2.70 bits per heavy atom. The van der Waals surface area contributed by atoms with Crippen molar-refractivity contribution in [3.05, 3.63) is 41.8 Å². The number of rotatable bonds is 6. The van der Waals surface area contributed by atoms with Crippen LogP contribution in [0.4, 0.5) is 4.39 Å². The van der Waals surface area contributed by atoms with Crippen molar-refractivity contribution in [3.8, 4) is 11.3 Å². The summed E-state index contributed by atoms with van der Waals surface area (Å²) in [6.07, 6.45) is 7.88. The second kappa shape index (κ2) is 8.50. The highest BCUT2D eigenvalue weighted by molar-refractivity contribution is 5.63. The lowest BCUT2D eigenvalue weighted by molar-refractivity contribution is -0.0358. The van der Waals surface area contributed by atoms with E-state index in [1.165, 1.54) is 38.4 Å². The Morgan fingerprint density at radius 1 is 1.15 bits per heavy atom. The van der Waals surface area contributed by atoms with Crippen molar-refractivity contribution in [2.75, 3.05) is 32.8 Å². The first-order chi connectivity index (χ1) is 13.3. The van der Waals surface area contributed by atoms with Crippen molar-refractivity contribution >= 4 is 0 Å². The van der Waals surface area contributed by atoms with Crippen LogP contribution in [0.3, 0.4) is 0 Å². The van der Waals surface area contributed by atoms with E-state index in [1.807, 2.05) is 6.07 Å². The van der Waals surface area contributed by atoms with Gasteiger partial charge in [-0.1, -0.05) is 18.6 Å². The zero-order valence-electron chi connectivity index (χ0n) is 15.8. The Morgan fingerprint density at radius 2 is 1.93 bits per heavy atom. The van der Waals surface area contributed by atoms with Gasteiger partial charge in [-0.3, -0.25) is 10.00 Å². The topological polar surface area (TPSA) is 53.2 Å². The standard InChI is InChI=1S/C21H29FN4O/c22-19-7-3-2-6-18(19)20-17(15-24-25-20)14-23-16-21(8-12-27-13-9-21)26-10-4-1-5-11-26/h2-3,6-7,15,23H,1,4-5,8-14,16H2,(H,24,25). The number of piperidine rings is 1. The van der Waals surface area contributed by atoms with Crippen molar-refractivity contribution in [2.45, 2.75) is 44.2 Å². The summed E-state index contributed by atoms with van der Waals surface area (Å²) in [6.45, 7) is 5.66. The average Bonchev–Trinajstić information content (AvgIpc) is 3.18. The smallest absolute Gasteiger partial charge is 0.132 e. The largest absolute Gasteiger partial charge is 0.381 e. The highest BCUT2D eigenvalue weighted by atomic mass is 19.1. The molecule has 2 aromatic rings. The molecule has 0 unspecified atom stereocenters. The first kappa shape index (κ1) is 18.6. The first-order valence-electron chi connectivity index (χ1n) is 10.1. The molecule has 0 amide bonds. The van der Waals surface area contributed by atoms with Gasteiger partial charge in [0.25, 0.3) is 0 Å². The lowest BCUT2D eigenvalue weighted by atomic mass is 9.86. The van der Waals surface area contributed by atoms with E-state index in [9.17, 15) is 4.39 Å². The number of hydrogen-bond acceptors (Lipinski definition) is 4. The Kier molecular flexibility index (Phi) is 5.86. The van der Waals surface area contributed by atoms with Crippen molar-refractivity contribution in [1.29, 1.82) is 0 Å². The fourth-order valence-corrected chi connectivity index (χ4v) is 4.50.